The maximum Gasteiger partial charge on any atom is 0.247 e. The van der Waals surface area contributed by atoms with Crippen LogP contribution in [0.4, 0.5) is 0 Å². The lowest BCUT2D eigenvalue weighted by atomic mass is 10.0. The lowest BCUT2D eigenvalue weighted by molar-refractivity contribution is -0.130. The van der Waals surface area contributed by atoms with E-state index in [9.17, 15) is 4.79 Å². The average molecular weight is 326 g/mol. The maximum atomic E-state index is 13.1. The summed E-state index contributed by atoms with van der Waals surface area (Å²) in [7, 11) is 0. The minimum absolute atomic E-state index is 0.00717. The number of nitrogens with zero attached hydrogens (tertiary/aromatic N) is 3. The Bertz CT molecular complexity index is 784. The van der Waals surface area contributed by atoms with Gasteiger partial charge in [-0.2, -0.15) is 5.10 Å². The van der Waals surface area contributed by atoms with Crippen LogP contribution < -0.4 is 5.32 Å². The molecular weight excluding hydrogens is 300 g/mol. The molecule has 5 nitrogen and oxygen atoms in total. The second kappa shape index (κ2) is 5.31. The summed E-state index contributed by atoms with van der Waals surface area (Å²) in [6.07, 6.45) is 3.46. The highest BCUT2D eigenvalue weighted by Gasteiger charge is 2.48. The topological polar surface area (TPSA) is 50.2 Å². The summed E-state index contributed by atoms with van der Waals surface area (Å²) in [4.78, 5) is 15.5. The van der Waals surface area contributed by atoms with E-state index in [2.05, 4.69) is 21.4 Å². The molecule has 2 aromatic rings. The fraction of sp³-hybridized carbons (Fsp3) is 0.579. The van der Waals surface area contributed by atoms with E-state index in [4.69, 9.17) is 0 Å². The number of aromatic nitrogens is 2. The van der Waals surface area contributed by atoms with Gasteiger partial charge in [0.1, 0.15) is 5.54 Å². The summed E-state index contributed by atoms with van der Waals surface area (Å²) in [5.41, 5.74) is 1.27. The van der Waals surface area contributed by atoms with E-state index in [1.165, 1.54) is 19.5 Å². The zero-order valence-electron chi connectivity index (χ0n) is 14.8. The van der Waals surface area contributed by atoms with Crippen molar-refractivity contribution in [3.8, 4) is 0 Å². The fourth-order valence-corrected chi connectivity index (χ4v) is 3.58. The van der Waals surface area contributed by atoms with Crippen LogP contribution in [0.5, 0.6) is 0 Å². The summed E-state index contributed by atoms with van der Waals surface area (Å²) in [6.45, 7) is 9.25. The molecule has 4 rings (SSSR count). The molecule has 1 saturated heterocycles. The molecule has 24 heavy (non-hydrogen) atoms. The number of carbonyl (C=O) groups is 1. The number of aryl methyl sites for hydroxylation is 1. The molecule has 1 aliphatic carbocycles. The van der Waals surface area contributed by atoms with Crippen molar-refractivity contribution in [3.63, 3.8) is 0 Å². The Morgan fingerprint density at radius 2 is 2.00 bits per heavy atom. The van der Waals surface area contributed by atoms with Gasteiger partial charge in [0.25, 0.3) is 0 Å². The summed E-state index contributed by atoms with van der Waals surface area (Å²) in [6, 6.07) is 8.12. The highest BCUT2D eigenvalue weighted by Crippen LogP contribution is 2.38. The number of carbonyl (C=O) groups excluding carboxylic acids is 1. The molecule has 2 aliphatic rings. The Balaban J connectivity index is 1.58. The van der Waals surface area contributed by atoms with E-state index in [1.807, 2.05) is 43.7 Å². The molecule has 0 spiro atoms. The number of amides is 1. The normalized spacial score (nSPS) is 20.0. The number of likely N-dealkylation sites (tertiary alicyclic amines) is 1. The molecule has 128 valence electrons. The predicted molar refractivity (Wildman–Crippen MR) is 95.0 cm³/mol. The smallest absolute Gasteiger partial charge is 0.247 e. The zero-order valence-corrected chi connectivity index (χ0v) is 14.8. The third-order valence-corrected chi connectivity index (χ3v) is 5.56. The lowest BCUT2D eigenvalue weighted by Gasteiger charge is -2.36. The zero-order chi connectivity index (χ0) is 16.9. The van der Waals surface area contributed by atoms with Crippen molar-refractivity contribution in [2.45, 2.75) is 51.1 Å². The van der Waals surface area contributed by atoms with Crippen molar-refractivity contribution in [3.05, 3.63) is 30.0 Å². The molecule has 1 N–H and O–H groups in total. The maximum absolute atomic E-state index is 13.1. The van der Waals surface area contributed by atoms with Gasteiger partial charge < -0.3 is 10.2 Å². The van der Waals surface area contributed by atoms with Crippen LogP contribution in [0, 0.1) is 6.92 Å². The van der Waals surface area contributed by atoms with E-state index < -0.39 is 5.54 Å². The molecule has 1 saturated carbocycles. The SMILES string of the molecule is Cc1nn(C(C)(C)C(=O)NC2(CN3CCC3)CC2)c2ccccc12. The average Bonchev–Trinajstić information content (AvgIpc) is 3.19. The van der Waals surface area contributed by atoms with Gasteiger partial charge in [0, 0.05) is 11.9 Å². The molecule has 0 atom stereocenters. The second-order valence-corrected chi connectivity index (χ2v) is 7.94. The van der Waals surface area contributed by atoms with Crippen LogP contribution >= 0.6 is 0 Å². The van der Waals surface area contributed by atoms with Crippen LogP contribution in [-0.4, -0.2) is 45.8 Å². The van der Waals surface area contributed by atoms with Crippen molar-refractivity contribution in [1.29, 1.82) is 0 Å². The van der Waals surface area contributed by atoms with Crippen LogP contribution in [0.15, 0.2) is 24.3 Å². The quantitative estimate of drug-likeness (QED) is 0.918. The van der Waals surface area contributed by atoms with Gasteiger partial charge in [-0.3, -0.25) is 4.79 Å². The minimum atomic E-state index is -0.710. The number of hydrogen-bond donors (Lipinski definition) is 1. The predicted octanol–water partition coefficient (Wildman–Crippen LogP) is 2.43. The first-order valence-corrected chi connectivity index (χ1v) is 8.91. The molecule has 1 aromatic carbocycles. The van der Waals surface area contributed by atoms with Crippen molar-refractivity contribution in [1.82, 2.24) is 20.0 Å². The van der Waals surface area contributed by atoms with Gasteiger partial charge in [-0.1, -0.05) is 18.2 Å². The van der Waals surface area contributed by atoms with Crippen LogP contribution in [-0.2, 0) is 10.3 Å². The summed E-state index contributed by atoms with van der Waals surface area (Å²) in [5, 5.41) is 9.12. The van der Waals surface area contributed by atoms with Crippen LogP contribution in [0.25, 0.3) is 10.9 Å². The third kappa shape index (κ3) is 2.51. The van der Waals surface area contributed by atoms with E-state index in [-0.39, 0.29) is 11.4 Å². The third-order valence-electron chi connectivity index (χ3n) is 5.56. The highest BCUT2D eigenvalue weighted by molar-refractivity contribution is 5.88. The molecule has 5 heteroatoms. The molecule has 1 aromatic heterocycles. The minimum Gasteiger partial charge on any atom is -0.347 e. The van der Waals surface area contributed by atoms with Crippen LogP contribution in [0.2, 0.25) is 0 Å². The van der Waals surface area contributed by atoms with Gasteiger partial charge in [0.15, 0.2) is 0 Å². The van der Waals surface area contributed by atoms with Gasteiger partial charge in [-0.25, -0.2) is 4.68 Å². The molecule has 2 heterocycles. The Morgan fingerprint density at radius 1 is 1.29 bits per heavy atom. The molecule has 0 bridgehead atoms. The van der Waals surface area contributed by atoms with E-state index in [0.717, 1.165) is 36.0 Å². The van der Waals surface area contributed by atoms with Crippen molar-refractivity contribution in [2.75, 3.05) is 19.6 Å². The van der Waals surface area contributed by atoms with Crippen LogP contribution in [0.3, 0.4) is 0 Å². The number of fused-ring (bicyclic) bond motifs is 1. The molecule has 0 unspecified atom stereocenters. The summed E-state index contributed by atoms with van der Waals surface area (Å²) >= 11 is 0. The number of para-hydroxylation sites is 1. The van der Waals surface area contributed by atoms with Gasteiger partial charge in [-0.05, 0) is 59.2 Å². The molecule has 1 aliphatic heterocycles. The van der Waals surface area contributed by atoms with Gasteiger partial charge in [0.05, 0.1) is 16.7 Å². The van der Waals surface area contributed by atoms with Gasteiger partial charge in [0.2, 0.25) is 5.91 Å². The summed E-state index contributed by atoms with van der Waals surface area (Å²) in [5.74, 6) is 0.0637. The Morgan fingerprint density at radius 3 is 2.62 bits per heavy atom. The first kappa shape index (κ1) is 15.6. The fourth-order valence-electron chi connectivity index (χ4n) is 3.58. The molecule has 2 fully saturated rings. The first-order valence-electron chi connectivity index (χ1n) is 8.91. The number of benzene rings is 1. The van der Waals surface area contributed by atoms with Crippen molar-refractivity contribution >= 4 is 16.8 Å². The highest BCUT2D eigenvalue weighted by atomic mass is 16.2. The molecular formula is C19H26N4O. The van der Waals surface area contributed by atoms with Crippen molar-refractivity contribution in [2.24, 2.45) is 0 Å². The molecule has 0 radical (unpaired) electrons. The first-order chi connectivity index (χ1) is 11.4. The summed E-state index contributed by atoms with van der Waals surface area (Å²) < 4.78 is 1.88. The van der Waals surface area contributed by atoms with E-state index in [0.29, 0.717) is 0 Å². The monoisotopic (exact) mass is 326 g/mol. The van der Waals surface area contributed by atoms with E-state index in [1.54, 1.807) is 0 Å². The Hall–Kier alpha value is -1.88. The number of nitrogens with one attached hydrogen (secondary N) is 1. The largest absolute Gasteiger partial charge is 0.347 e. The Kier molecular flexibility index (Phi) is 3.46. The van der Waals surface area contributed by atoms with Crippen LogP contribution in [0.1, 0.15) is 38.8 Å². The number of hydrogen-bond acceptors (Lipinski definition) is 3. The van der Waals surface area contributed by atoms with E-state index >= 15 is 0 Å². The standard InChI is InChI=1S/C19H26N4O/c1-14-15-7-4-5-8-16(15)23(21-14)18(2,3)17(24)20-19(9-10-19)13-22-11-6-12-22/h4-5,7-8H,6,9-13H2,1-3H3,(H,20,24). The lowest BCUT2D eigenvalue weighted by Crippen LogP contribution is -2.55. The van der Waals surface area contributed by atoms with Gasteiger partial charge >= 0.3 is 0 Å². The molecule has 1 amide bonds. The second-order valence-electron chi connectivity index (χ2n) is 7.94. The van der Waals surface area contributed by atoms with Gasteiger partial charge in [-0.15, -0.1) is 0 Å². The van der Waals surface area contributed by atoms with Crippen molar-refractivity contribution < 1.29 is 4.79 Å². The number of rotatable bonds is 5. The Labute approximate surface area is 143 Å².